The van der Waals surface area contributed by atoms with Crippen LogP contribution in [0.3, 0.4) is 0 Å². The quantitative estimate of drug-likeness (QED) is 0.156. The molecule has 63 heavy (non-hydrogen) atoms. The Morgan fingerprint density at radius 3 is 1.57 bits per heavy atom. The van der Waals surface area contributed by atoms with Crippen molar-refractivity contribution in [3.63, 3.8) is 0 Å². The van der Waals surface area contributed by atoms with Gasteiger partial charge in [-0.1, -0.05) is 202 Å². The van der Waals surface area contributed by atoms with Crippen molar-refractivity contribution >= 4 is 49.6 Å². The van der Waals surface area contributed by atoms with Crippen molar-refractivity contribution < 1.29 is 0 Å². The van der Waals surface area contributed by atoms with Crippen molar-refractivity contribution in [2.24, 2.45) is 0 Å². The highest BCUT2D eigenvalue weighted by Crippen LogP contribution is 2.56. The largest absolute Gasteiger partial charge is 0.309 e. The molecule has 12 rings (SSSR count). The summed E-state index contributed by atoms with van der Waals surface area (Å²) in [5.41, 5.74) is 19.2. The molecule has 1 heterocycles. The maximum atomic E-state index is 2.57. The molecule has 0 atom stereocenters. The number of hydrogen-bond acceptors (Lipinski definition) is 1. The number of para-hydroxylation sites is 4. The molecule has 298 valence electrons. The molecule has 10 aromatic carbocycles. The number of rotatable bonds is 7. The van der Waals surface area contributed by atoms with E-state index < -0.39 is 0 Å². The predicted molar refractivity (Wildman–Crippen MR) is 267 cm³/mol. The van der Waals surface area contributed by atoms with Gasteiger partial charge >= 0.3 is 0 Å². The van der Waals surface area contributed by atoms with Gasteiger partial charge in [-0.3, -0.25) is 0 Å². The van der Waals surface area contributed by atoms with Crippen molar-refractivity contribution in [2.45, 2.75) is 19.3 Å². The molecule has 11 aromatic rings. The Kier molecular flexibility index (Phi) is 8.55. The molecule has 2 nitrogen and oxygen atoms in total. The van der Waals surface area contributed by atoms with E-state index >= 15 is 0 Å². The first-order valence-electron chi connectivity index (χ1n) is 21.9. The smallest absolute Gasteiger partial charge is 0.0547 e. The van der Waals surface area contributed by atoms with E-state index in [1.165, 1.54) is 88.2 Å². The molecule has 2 heteroatoms. The van der Waals surface area contributed by atoms with Gasteiger partial charge in [-0.05, 0) is 92.2 Å². The summed E-state index contributed by atoms with van der Waals surface area (Å²) in [7, 11) is 0. The third kappa shape index (κ3) is 5.72. The van der Waals surface area contributed by atoms with Gasteiger partial charge in [-0.2, -0.15) is 0 Å². The lowest BCUT2D eigenvalue weighted by Gasteiger charge is -2.32. The van der Waals surface area contributed by atoms with Crippen LogP contribution in [0.5, 0.6) is 0 Å². The molecule has 0 saturated heterocycles. The zero-order valence-corrected chi connectivity index (χ0v) is 35.3. The minimum atomic E-state index is -0.169. The van der Waals surface area contributed by atoms with Crippen molar-refractivity contribution in [3.8, 4) is 50.2 Å². The second-order valence-corrected chi connectivity index (χ2v) is 17.2. The standard InChI is InChI=1S/C61H44N2/c1-61(2)51-34-13-9-29-49(51)60-52(61)35-20-40-57(60)63(53-36-14-10-27-45(53)47-32-18-24-42-23-17-31-44(58(42)47)41-21-5-3-6-22-41)54-37-15-11-28-46(54)48-33-19-39-56-59(48)50-30-12-16-38-55(50)62(56)43-25-7-4-8-26-43/h3-40H,1-2H3. The van der Waals surface area contributed by atoms with Gasteiger partial charge in [0.2, 0.25) is 0 Å². The molecule has 0 N–H and O–H groups in total. The number of nitrogens with zero attached hydrogens (tertiary/aromatic N) is 2. The van der Waals surface area contributed by atoms with Crippen molar-refractivity contribution in [1.29, 1.82) is 0 Å². The van der Waals surface area contributed by atoms with Crippen molar-refractivity contribution in [1.82, 2.24) is 4.57 Å². The zero-order chi connectivity index (χ0) is 42.1. The van der Waals surface area contributed by atoms with Gasteiger partial charge in [0.1, 0.15) is 0 Å². The van der Waals surface area contributed by atoms with Gasteiger partial charge < -0.3 is 9.47 Å². The number of benzene rings is 10. The molecule has 0 unspecified atom stereocenters. The Morgan fingerprint density at radius 1 is 0.349 bits per heavy atom. The van der Waals surface area contributed by atoms with Crippen LogP contribution in [0.2, 0.25) is 0 Å². The highest BCUT2D eigenvalue weighted by Gasteiger charge is 2.38. The number of fused-ring (bicyclic) bond motifs is 7. The van der Waals surface area contributed by atoms with Crippen LogP contribution in [0, 0.1) is 0 Å². The minimum Gasteiger partial charge on any atom is -0.309 e. The summed E-state index contributed by atoms with van der Waals surface area (Å²) in [6.45, 7) is 4.75. The molecule has 1 aliphatic carbocycles. The summed E-state index contributed by atoms with van der Waals surface area (Å²) in [5.74, 6) is 0. The summed E-state index contributed by atoms with van der Waals surface area (Å²) in [4.78, 5) is 2.57. The average Bonchev–Trinajstić information content (AvgIpc) is 3.81. The number of hydrogen-bond donors (Lipinski definition) is 0. The topological polar surface area (TPSA) is 8.17 Å². The van der Waals surface area contributed by atoms with E-state index in [0.717, 1.165) is 22.7 Å². The van der Waals surface area contributed by atoms with Gasteiger partial charge in [0.25, 0.3) is 0 Å². The zero-order valence-electron chi connectivity index (χ0n) is 35.3. The first kappa shape index (κ1) is 36.9. The van der Waals surface area contributed by atoms with Crippen molar-refractivity contribution in [2.75, 3.05) is 4.90 Å². The van der Waals surface area contributed by atoms with E-state index in [9.17, 15) is 0 Å². The van der Waals surface area contributed by atoms with E-state index in [1.54, 1.807) is 0 Å². The van der Waals surface area contributed by atoms with E-state index in [2.05, 4.69) is 254 Å². The SMILES string of the molecule is CC1(C)c2ccccc2-c2c(N(c3ccccc3-c3cccc4cccc(-c5ccccc5)c34)c3ccccc3-c3cccc4c3c3ccccc3n4-c3ccccc3)cccc21. The van der Waals surface area contributed by atoms with E-state index in [0.29, 0.717) is 0 Å². The molecule has 0 radical (unpaired) electrons. The van der Waals surface area contributed by atoms with E-state index in [1.807, 2.05) is 0 Å². The van der Waals surface area contributed by atoms with Gasteiger partial charge in [0.15, 0.2) is 0 Å². The third-order valence-corrected chi connectivity index (χ3v) is 13.4. The molecule has 0 amide bonds. The van der Waals surface area contributed by atoms with Gasteiger partial charge in [0.05, 0.1) is 28.1 Å². The number of anilines is 3. The number of aromatic nitrogens is 1. The minimum absolute atomic E-state index is 0.169. The van der Waals surface area contributed by atoms with E-state index in [4.69, 9.17) is 0 Å². The van der Waals surface area contributed by atoms with Gasteiger partial charge in [-0.25, -0.2) is 0 Å². The summed E-state index contributed by atoms with van der Waals surface area (Å²) in [5, 5.41) is 4.93. The van der Waals surface area contributed by atoms with Gasteiger partial charge in [0, 0.05) is 38.6 Å². The van der Waals surface area contributed by atoms with E-state index in [-0.39, 0.29) is 5.41 Å². The lowest BCUT2D eigenvalue weighted by molar-refractivity contribution is 0.660. The Hall–Kier alpha value is -7.94. The Bertz CT molecular complexity index is 3530. The molecular formula is C61H44N2. The second kappa shape index (κ2) is 14.6. The lowest BCUT2D eigenvalue weighted by atomic mass is 9.82. The van der Waals surface area contributed by atoms with Crippen molar-refractivity contribution in [3.05, 3.63) is 242 Å². The van der Waals surface area contributed by atoms with Crippen LogP contribution in [0.4, 0.5) is 17.1 Å². The average molecular weight is 805 g/mol. The third-order valence-electron chi connectivity index (χ3n) is 13.4. The summed E-state index contributed by atoms with van der Waals surface area (Å²) in [6, 6.07) is 84.7. The second-order valence-electron chi connectivity index (χ2n) is 17.2. The molecular weight excluding hydrogens is 761 g/mol. The normalized spacial score (nSPS) is 12.7. The predicted octanol–water partition coefficient (Wildman–Crippen LogP) is 16.7. The molecule has 0 fully saturated rings. The van der Waals surface area contributed by atoms with Crippen LogP contribution in [-0.4, -0.2) is 4.57 Å². The summed E-state index contributed by atoms with van der Waals surface area (Å²) >= 11 is 0. The fraction of sp³-hybridized carbons (Fsp3) is 0.0492. The Balaban J connectivity index is 1.18. The first-order chi connectivity index (χ1) is 31.1. The molecule has 0 aliphatic heterocycles. The molecule has 0 bridgehead atoms. The Morgan fingerprint density at radius 2 is 0.841 bits per heavy atom. The molecule has 1 aliphatic rings. The molecule has 1 aromatic heterocycles. The highest BCUT2D eigenvalue weighted by atomic mass is 15.2. The fourth-order valence-electron chi connectivity index (χ4n) is 10.6. The highest BCUT2D eigenvalue weighted by molar-refractivity contribution is 6.17. The summed E-state index contributed by atoms with van der Waals surface area (Å²) in [6.07, 6.45) is 0. The monoisotopic (exact) mass is 804 g/mol. The maximum Gasteiger partial charge on any atom is 0.0547 e. The van der Waals surface area contributed by atoms with Crippen LogP contribution in [0.15, 0.2) is 231 Å². The molecule has 0 spiro atoms. The van der Waals surface area contributed by atoms with Gasteiger partial charge in [-0.15, -0.1) is 0 Å². The summed E-state index contributed by atoms with van der Waals surface area (Å²) < 4.78 is 2.41. The van der Waals surface area contributed by atoms with Crippen LogP contribution < -0.4 is 4.90 Å². The Labute approximate surface area is 368 Å². The van der Waals surface area contributed by atoms with Crippen LogP contribution in [0.25, 0.3) is 82.8 Å². The first-order valence-corrected chi connectivity index (χ1v) is 21.9. The maximum absolute atomic E-state index is 2.57. The molecule has 0 saturated carbocycles. The van der Waals surface area contributed by atoms with Crippen LogP contribution in [-0.2, 0) is 5.41 Å². The van der Waals surface area contributed by atoms with Crippen LogP contribution in [0.1, 0.15) is 25.0 Å². The van der Waals surface area contributed by atoms with Crippen LogP contribution >= 0.6 is 0 Å². The lowest BCUT2D eigenvalue weighted by Crippen LogP contribution is -2.16. The fourth-order valence-corrected chi connectivity index (χ4v) is 10.6.